The molecule has 0 spiro atoms. The molecule has 2 fully saturated rings. The Kier molecular flexibility index (Phi) is 8.31. The topological polar surface area (TPSA) is 110 Å². The van der Waals surface area contributed by atoms with Crippen LogP contribution in [0.15, 0.2) is 60.9 Å². The van der Waals surface area contributed by atoms with Crippen LogP contribution in [0.4, 0.5) is 16.4 Å². The number of rotatable bonds is 6. The fraction of sp³-hybridized carbons (Fsp3) is 0.400. The second kappa shape index (κ2) is 12.3. The number of pyridine rings is 1. The highest BCUT2D eigenvalue weighted by Crippen LogP contribution is 2.41. The van der Waals surface area contributed by atoms with Gasteiger partial charge in [0.25, 0.3) is 0 Å². The Morgan fingerprint density at radius 3 is 2.62 bits per heavy atom. The number of nitrogens with one attached hydrogen (secondary N) is 1. The highest BCUT2D eigenvalue weighted by atomic mass is 16.6. The molecule has 2 aliphatic heterocycles. The zero-order chi connectivity index (χ0) is 31.7. The van der Waals surface area contributed by atoms with Gasteiger partial charge in [0.15, 0.2) is 0 Å². The van der Waals surface area contributed by atoms with Crippen LogP contribution in [0, 0.1) is 6.92 Å². The van der Waals surface area contributed by atoms with Crippen molar-refractivity contribution >= 4 is 34.4 Å². The molecule has 1 unspecified atom stereocenters. The first kappa shape index (κ1) is 30.3. The number of ether oxygens (including phenoxy) is 2. The van der Waals surface area contributed by atoms with Crippen molar-refractivity contribution in [2.24, 2.45) is 0 Å². The van der Waals surface area contributed by atoms with Crippen LogP contribution in [-0.4, -0.2) is 62.6 Å². The number of amides is 2. The second-order valence-electron chi connectivity index (χ2n) is 12.9. The van der Waals surface area contributed by atoms with Crippen LogP contribution >= 0.6 is 0 Å². The van der Waals surface area contributed by atoms with Gasteiger partial charge in [0, 0.05) is 54.8 Å². The van der Waals surface area contributed by atoms with Crippen molar-refractivity contribution in [3.05, 3.63) is 66.5 Å². The van der Waals surface area contributed by atoms with Crippen molar-refractivity contribution in [3.8, 4) is 22.9 Å². The molecule has 10 nitrogen and oxygen atoms in total. The fourth-order valence-corrected chi connectivity index (χ4v) is 6.08. The van der Waals surface area contributed by atoms with E-state index in [0.29, 0.717) is 42.8 Å². The van der Waals surface area contributed by atoms with E-state index in [4.69, 9.17) is 14.5 Å². The molecule has 45 heavy (non-hydrogen) atoms. The number of benzene rings is 2. The molecular formula is C35H40N6O4. The van der Waals surface area contributed by atoms with Gasteiger partial charge in [-0.15, -0.1) is 0 Å². The molecular weight excluding hydrogens is 568 g/mol. The van der Waals surface area contributed by atoms with Crippen molar-refractivity contribution in [2.45, 2.75) is 78.0 Å². The molecule has 2 aromatic heterocycles. The summed E-state index contributed by atoms with van der Waals surface area (Å²) in [6.07, 6.45) is 6.25. The van der Waals surface area contributed by atoms with Crippen molar-refractivity contribution in [1.82, 2.24) is 19.9 Å². The fourth-order valence-electron chi connectivity index (χ4n) is 6.08. The van der Waals surface area contributed by atoms with Crippen molar-refractivity contribution < 1.29 is 19.1 Å². The largest absolute Gasteiger partial charge is 0.444 e. The van der Waals surface area contributed by atoms with Crippen molar-refractivity contribution in [1.29, 1.82) is 0 Å². The Hall–Kier alpha value is -4.73. The number of fused-ring (bicyclic) bond motifs is 1. The summed E-state index contributed by atoms with van der Waals surface area (Å²) in [6, 6.07) is 15.8. The number of anilines is 2. The molecule has 0 radical (unpaired) electrons. The first-order chi connectivity index (χ1) is 21.6. The minimum atomic E-state index is -0.545. The van der Waals surface area contributed by atoms with Crippen LogP contribution in [0.1, 0.15) is 58.9 Å². The Morgan fingerprint density at radius 2 is 1.84 bits per heavy atom. The van der Waals surface area contributed by atoms with E-state index in [0.717, 1.165) is 46.8 Å². The number of piperidine rings is 1. The first-order valence-corrected chi connectivity index (χ1v) is 15.6. The second-order valence-corrected chi connectivity index (χ2v) is 12.9. The summed E-state index contributed by atoms with van der Waals surface area (Å²) in [5.41, 5.74) is 2.68. The first-order valence-electron chi connectivity index (χ1n) is 15.6. The summed E-state index contributed by atoms with van der Waals surface area (Å²) < 4.78 is 12.2. The summed E-state index contributed by atoms with van der Waals surface area (Å²) in [5.74, 6) is 1.71. The van der Waals surface area contributed by atoms with Gasteiger partial charge in [0.1, 0.15) is 11.4 Å². The number of likely N-dealkylation sites (tertiary alicyclic amines) is 1. The predicted octanol–water partition coefficient (Wildman–Crippen LogP) is 7.12. The number of hydrogen-bond acceptors (Lipinski definition) is 8. The summed E-state index contributed by atoms with van der Waals surface area (Å²) >= 11 is 0. The minimum Gasteiger partial charge on any atom is -0.444 e. The quantitative estimate of drug-likeness (QED) is 0.246. The number of nitrogens with zero attached hydrogens (tertiary/aromatic N) is 5. The Balaban J connectivity index is 1.26. The van der Waals surface area contributed by atoms with Gasteiger partial charge in [-0.05, 0) is 83.7 Å². The van der Waals surface area contributed by atoms with E-state index in [1.807, 2.05) is 75.1 Å². The third-order valence-electron chi connectivity index (χ3n) is 8.24. The van der Waals surface area contributed by atoms with Crippen molar-refractivity contribution in [2.75, 3.05) is 23.3 Å². The highest BCUT2D eigenvalue weighted by Gasteiger charge is 2.31. The van der Waals surface area contributed by atoms with Gasteiger partial charge in [0.2, 0.25) is 17.7 Å². The maximum Gasteiger partial charge on any atom is 0.410 e. The number of carbonyl (C=O) groups is 2. The number of aromatic nitrogens is 3. The lowest BCUT2D eigenvalue weighted by Crippen LogP contribution is -2.47. The predicted molar refractivity (Wildman–Crippen MR) is 175 cm³/mol. The van der Waals surface area contributed by atoms with Crippen LogP contribution in [-0.2, 0) is 9.53 Å². The van der Waals surface area contributed by atoms with Crippen LogP contribution in [0.5, 0.6) is 11.6 Å². The molecule has 2 amide bonds. The van der Waals surface area contributed by atoms with Gasteiger partial charge in [-0.3, -0.25) is 4.79 Å². The zero-order valence-corrected chi connectivity index (χ0v) is 26.5. The van der Waals surface area contributed by atoms with E-state index in [-0.39, 0.29) is 24.1 Å². The SMILES string of the molecule is Cc1ccc2c(N3C(=O)CCC3C)cccc2c1Oc1ncccc1-c1ccnc(N[C@H]2CCCN(C(=O)OC(C)(C)C)C2)n1. The summed E-state index contributed by atoms with van der Waals surface area (Å²) in [7, 11) is 0. The van der Waals surface area contributed by atoms with Crippen LogP contribution in [0.3, 0.4) is 0 Å². The maximum atomic E-state index is 12.8. The third-order valence-corrected chi connectivity index (χ3v) is 8.24. The van der Waals surface area contributed by atoms with E-state index in [9.17, 15) is 9.59 Å². The van der Waals surface area contributed by atoms with E-state index in [1.54, 1.807) is 17.3 Å². The lowest BCUT2D eigenvalue weighted by Gasteiger charge is -2.34. The Bertz CT molecular complexity index is 1740. The lowest BCUT2D eigenvalue weighted by atomic mass is 10.0. The van der Waals surface area contributed by atoms with Gasteiger partial charge < -0.3 is 24.6 Å². The molecule has 2 aromatic carbocycles. The maximum absolute atomic E-state index is 12.8. The molecule has 234 valence electrons. The molecule has 4 aromatic rings. The average molecular weight is 609 g/mol. The van der Waals surface area contributed by atoms with E-state index < -0.39 is 5.60 Å². The zero-order valence-electron chi connectivity index (χ0n) is 26.5. The molecule has 10 heteroatoms. The molecule has 0 saturated carbocycles. The van der Waals surface area contributed by atoms with Crippen LogP contribution in [0.25, 0.3) is 22.0 Å². The van der Waals surface area contributed by atoms with Gasteiger partial charge >= 0.3 is 6.09 Å². The highest BCUT2D eigenvalue weighted by molar-refractivity contribution is 6.07. The molecule has 0 aliphatic carbocycles. The Morgan fingerprint density at radius 1 is 1.00 bits per heavy atom. The molecule has 2 atom stereocenters. The number of hydrogen-bond donors (Lipinski definition) is 1. The van der Waals surface area contributed by atoms with Crippen LogP contribution < -0.4 is 15.0 Å². The van der Waals surface area contributed by atoms with Gasteiger partial charge in [0.05, 0.1) is 16.9 Å². The van der Waals surface area contributed by atoms with E-state index in [2.05, 4.69) is 28.3 Å². The van der Waals surface area contributed by atoms with Gasteiger partial charge in [-0.2, -0.15) is 0 Å². The van der Waals surface area contributed by atoms with E-state index >= 15 is 0 Å². The summed E-state index contributed by atoms with van der Waals surface area (Å²) in [6.45, 7) is 10.9. The monoisotopic (exact) mass is 608 g/mol. The summed E-state index contributed by atoms with van der Waals surface area (Å²) in [5, 5.41) is 5.28. The number of carbonyl (C=O) groups excluding carboxylic acids is 2. The molecule has 2 aliphatic rings. The molecule has 6 rings (SSSR count). The third kappa shape index (κ3) is 6.55. The molecule has 1 N–H and O–H groups in total. The molecule has 0 bridgehead atoms. The average Bonchev–Trinajstić information content (AvgIpc) is 3.35. The summed E-state index contributed by atoms with van der Waals surface area (Å²) in [4.78, 5) is 43.0. The van der Waals surface area contributed by atoms with Crippen LogP contribution in [0.2, 0.25) is 0 Å². The normalized spacial score (nSPS) is 18.7. The Labute approximate surface area is 263 Å². The standard InChI is InChI=1S/C35H40N6O4/c1-22-13-15-25-26(10-6-12-29(25)41-23(2)14-16-30(41)42)31(22)44-32-27(11-7-18-36-32)28-17-19-37-33(39-28)38-24-9-8-20-40(21-24)34(43)45-35(3,4)5/h6-7,10-13,15,17-19,23-24H,8-9,14,16,20-21H2,1-5H3,(H,37,38,39)/t23?,24-/m0/s1. The van der Waals surface area contributed by atoms with E-state index in [1.165, 1.54) is 0 Å². The smallest absolute Gasteiger partial charge is 0.410 e. The minimum absolute atomic E-state index is 0.0103. The lowest BCUT2D eigenvalue weighted by molar-refractivity contribution is -0.117. The van der Waals surface area contributed by atoms with Gasteiger partial charge in [-0.1, -0.05) is 24.3 Å². The number of aryl methyl sites for hydroxylation is 1. The van der Waals surface area contributed by atoms with Gasteiger partial charge in [-0.25, -0.2) is 19.7 Å². The molecule has 4 heterocycles. The van der Waals surface area contributed by atoms with Crippen molar-refractivity contribution in [3.63, 3.8) is 0 Å². The molecule has 2 saturated heterocycles.